The van der Waals surface area contributed by atoms with Gasteiger partial charge in [0.25, 0.3) is 0 Å². The van der Waals surface area contributed by atoms with E-state index in [9.17, 15) is 0 Å². The number of aromatic nitrogens is 2. The maximum atomic E-state index is 6.47. The van der Waals surface area contributed by atoms with Gasteiger partial charge in [-0.1, -0.05) is 48.9 Å². The molecule has 2 aromatic rings. The van der Waals surface area contributed by atoms with Crippen LogP contribution in [0.4, 0.5) is 0 Å². The Morgan fingerprint density at radius 1 is 1.25 bits per heavy atom. The molecule has 0 radical (unpaired) electrons. The van der Waals surface area contributed by atoms with Gasteiger partial charge in [0, 0.05) is 12.5 Å². The normalized spacial score (nSPS) is 12.6. The molecule has 0 bridgehead atoms. The van der Waals surface area contributed by atoms with E-state index in [1.54, 1.807) is 0 Å². The Kier molecular flexibility index (Phi) is 5.21. The molecule has 0 amide bonds. The van der Waals surface area contributed by atoms with Crippen molar-refractivity contribution in [1.82, 2.24) is 9.78 Å². The van der Waals surface area contributed by atoms with Crippen LogP contribution in [-0.4, -0.2) is 16.3 Å². The van der Waals surface area contributed by atoms with Crippen LogP contribution in [0.25, 0.3) is 0 Å². The summed E-state index contributed by atoms with van der Waals surface area (Å²) < 4.78 is 2.01. The predicted molar refractivity (Wildman–Crippen MR) is 84.2 cm³/mol. The minimum atomic E-state index is 0.278. The quantitative estimate of drug-likeness (QED) is 0.886. The molecule has 2 N–H and O–H groups in total. The van der Waals surface area contributed by atoms with Gasteiger partial charge in [0.05, 0.1) is 16.4 Å². The third kappa shape index (κ3) is 3.05. The van der Waals surface area contributed by atoms with E-state index in [2.05, 4.69) is 31.1 Å². The predicted octanol–water partition coefficient (Wildman–Crippen LogP) is 3.40. The van der Waals surface area contributed by atoms with E-state index in [1.807, 2.05) is 22.9 Å². The van der Waals surface area contributed by atoms with Crippen LogP contribution in [0, 0.1) is 0 Å². The lowest BCUT2D eigenvalue weighted by Gasteiger charge is -2.16. The Hall–Kier alpha value is -1.32. The standard InChI is InChI=1S/C16H22ClN3/c1-3-14-16(17)15(20(4-2)19-14)10-13(11-18)12-8-6-5-7-9-12/h5-9,13H,3-4,10-11,18H2,1-2H3. The van der Waals surface area contributed by atoms with Crippen LogP contribution in [0.15, 0.2) is 30.3 Å². The lowest BCUT2D eigenvalue weighted by molar-refractivity contribution is 0.581. The van der Waals surface area contributed by atoms with E-state index in [0.29, 0.717) is 6.54 Å². The smallest absolute Gasteiger partial charge is 0.0850 e. The fourth-order valence-corrected chi connectivity index (χ4v) is 2.85. The molecule has 0 saturated carbocycles. The molecule has 108 valence electrons. The minimum Gasteiger partial charge on any atom is -0.330 e. The first kappa shape index (κ1) is 15.1. The molecule has 0 fully saturated rings. The van der Waals surface area contributed by atoms with Crippen LogP contribution >= 0.6 is 11.6 Å². The summed E-state index contributed by atoms with van der Waals surface area (Å²) in [6.07, 6.45) is 1.69. The minimum absolute atomic E-state index is 0.278. The largest absolute Gasteiger partial charge is 0.330 e. The zero-order valence-electron chi connectivity index (χ0n) is 12.1. The highest BCUT2D eigenvalue weighted by Crippen LogP contribution is 2.27. The van der Waals surface area contributed by atoms with E-state index in [-0.39, 0.29) is 5.92 Å². The summed E-state index contributed by atoms with van der Waals surface area (Å²) in [6, 6.07) is 10.4. The molecule has 1 heterocycles. The summed E-state index contributed by atoms with van der Waals surface area (Å²) in [5.74, 6) is 0.278. The topological polar surface area (TPSA) is 43.8 Å². The van der Waals surface area contributed by atoms with Gasteiger partial charge in [0.2, 0.25) is 0 Å². The van der Waals surface area contributed by atoms with Gasteiger partial charge in [-0.2, -0.15) is 5.10 Å². The molecular formula is C16H22ClN3. The Balaban J connectivity index is 2.30. The van der Waals surface area contributed by atoms with E-state index in [4.69, 9.17) is 17.3 Å². The van der Waals surface area contributed by atoms with Crippen molar-refractivity contribution in [3.8, 4) is 0 Å². The monoisotopic (exact) mass is 291 g/mol. The number of nitrogens with zero attached hydrogens (tertiary/aromatic N) is 2. The Morgan fingerprint density at radius 2 is 1.95 bits per heavy atom. The molecule has 0 spiro atoms. The lowest BCUT2D eigenvalue weighted by Crippen LogP contribution is -2.17. The van der Waals surface area contributed by atoms with Crippen molar-refractivity contribution in [3.05, 3.63) is 52.3 Å². The first-order chi connectivity index (χ1) is 9.71. The van der Waals surface area contributed by atoms with E-state index >= 15 is 0 Å². The molecule has 0 aliphatic heterocycles. The van der Waals surface area contributed by atoms with Crippen molar-refractivity contribution in [3.63, 3.8) is 0 Å². The molecule has 0 saturated heterocycles. The maximum absolute atomic E-state index is 6.47. The fourth-order valence-electron chi connectivity index (χ4n) is 2.51. The molecule has 1 aromatic carbocycles. The van der Waals surface area contributed by atoms with Gasteiger partial charge in [-0.15, -0.1) is 0 Å². The van der Waals surface area contributed by atoms with Crippen LogP contribution in [0.5, 0.6) is 0 Å². The second-order valence-electron chi connectivity index (χ2n) is 4.92. The highest BCUT2D eigenvalue weighted by Gasteiger charge is 2.19. The van der Waals surface area contributed by atoms with Gasteiger partial charge in [-0.05, 0) is 31.9 Å². The van der Waals surface area contributed by atoms with Crippen LogP contribution in [0.3, 0.4) is 0 Å². The third-order valence-corrected chi connectivity index (χ3v) is 4.13. The van der Waals surface area contributed by atoms with Gasteiger partial charge < -0.3 is 5.73 Å². The maximum Gasteiger partial charge on any atom is 0.0850 e. The van der Waals surface area contributed by atoms with Crippen molar-refractivity contribution in [2.75, 3.05) is 6.54 Å². The molecule has 1 atom stereocenters. The summed E-state index contributed by atoms with van der Waals surface area (Å²) in [4.78, 5) is 0. The summed E-state index contributed by atoms with van der Waals surface area (Å²) >= 11 is 6.47. The van der Waals surface area contributed by atoms with Crippen LogP contribution in [0.1, 0.15) is 36.7 Å². The molecule has 1 unspecified atom stereocenters. The zero-order chi connectivity index (χ0) is 14.5. The van der Waals surface area contributed by atoms with Crippen molar-refractivity contribution < 1.29 is 0 Å². The van der Waals surface area contributed by atoms with Gasteiger partial charge in [0.1, 0.15) is 0 Å². The number of nitrogens with two attached hydrogens (primary N) is 1. The van der Waals surface area contributed by atoms with Gasteiger partial charge in [0.15, 0.2) is 0 Å². The Bertz CT molecular complexity index is 548. The van der Waals surface area contributed by atoms with E-state index in [1.165, 1.54) is 5.56 Å². The molecule has 2 rings (SSSR count). The fraction of sp³-hybridized carbons (Fsp3) is 0.438. The molecule has 1 aromatic heterocycles. The molecule has 3 nitrogen and oxygen atoms in total. The SMILES string of the molecule is CCc1nn(CC)c(CC(CN)c2ccccc2)c1Cl. The summed E-state index contributed by atoms with van der Waals surface area (Å²) in [5.41, 5.74) is 9.30. The van der Waals surface area contributed by atoms with Crippen LogP contribution in [0.2, 0.25) is 5.02 Å². The third-order valence-electron chi connectivity index (χ3n) is 3.69. The highest BCUT2D eigenvalue weighted by molar-refractivity contribution is 6.31. The summed E-state index contributed by atoms with van der Waals surface area (Å²) in [6.45, 7) is 5.61. The van der Waals surface area contributed by atoms with Crippen LogP contribution in [-0.2, 0) is 19.4 Å². The summed E-state index contributed by atoms with van der Waals surface area (Å²) in [7, 11) is 0. The van der Waals surface area contributed by atoms with Crippen molar-refractivity contribution in [2.24, 2.45) is 5.73 Å². The zero-order valence-corrected chi connectivity index (χ0v) is 12.9. The molecule has 4 heteroatoms. The van der Waals surface area contributed by atoms with Gasteiger partial charge in [-0.3, -0.25) is 4.68 Å². The number of halogens is 1. The first-order valence-electron chi connectivity index (χ1n) is 7.20. The van der Waals surface area contributed by atoms with Crippen LogP contribution < -0.4 is 5.73 Å². The van der Waals surface area contributed by atoms with Gasteiger partial charge in [-0.25, -0.2) is 0 Å². The number of aryl methyl sites for hydroxylation is 2. The number of hydrogen-bond acceptors (Lipinski definition) is 2. The Labute approximate surface area is 125 Å². The second-order valence-corrected chi connectivity index (χ2v) is 5.30. The van der Waals surface area contributed by atoms with Crippen molar-refractivity contribution in [1.29, 1.82) is 0 Å². The van der Waals surface area contributed by atoms with Crippen molar-refractivity contribution in [2.45, 2.75) is 39.2 Å². The summed E-state index contributed by atoms with van der Waals surface area (Å²) in [5, 5.41) is 5.38. The van der Waals surface area contributed by atoms with E-state index < -0.39 is 0 Å². The first-order valence-corrected chi connectivity index (χ1v) is 7.58. The Morgan fingerprint density at radius 3 is 2.50 bits per heavy atom. The molecular weight excluding hydrogens is 270 g/mol. The van der Waals surface area contributed by atoms with E-state index in [0.717, 1.165) is 35.8 Å². The highest BCUT2D eigenvalue weighted by atomic mass is 35.5. The second kappa shape index (κ2) is 6.91. The average molecular weight is 292 g/mol. The number of hydrogen-bond donors (Lipinski definition) is 1. The number of rotatable bonds is 6. The molecule has 0 aliphatic rings. The molecule has 20 heavy (non-hydrogen) atoms. The van der Waals surface area contributed by atoms with Crippen molar-refractivity contribution >= 4 is 11.6 Å². The number of benzene rings is 1. The lowest BCUT2D eigenvalue weighted by atomic mass is 9.94. The average Bonchev–Trinajstić information content (AvgIpc) is 2.81. The van der Waals surface area contributed by atoms with Gasteiger partial charge >= 0.3 is 0 Å². The molecule has 0 aliphatic carbocycles.